The van der Waals surface area contributed by atoms with Gasteiger partial charge in [0.15, 0.2) is 6.61 Å². The zero-order chi connectivity index (χ0) is 24.7. The standard InChI is InChI=1S/C27H29N5O2S/c1-17(2)29-26-32(22(16-35-26)18-10-11-23-20(14-18)30-25(33)15-34-23)28-13-12-24-27(3,4)19-8-6-7-9-21(19)31(24)5/h6-14,16-17H,15H2,1-5H3,(H,30,33). The van der Waals surface area contributed by atoms with Gasteiger partial charge in [0, 0.05) is 47.0 Å². The van der Waals surface area contributed by atoms with E-state index in [1.807, 2.05) is 34.5 Å². The Morgan fingerprint density at radius 3 is 2.77 bits per heavy atom. The average molecular weight is 488 g/mol. The summed E-state index contributed by atoms with van der Waals surface area (Å²) < 4.78 is 7.38. The summed E-state index contributed by atoms with van der Waals surface area (Å²) >= 11 is 1.54. The Morgan fingerprint density at radius 1 is 1.20 bits per heavy atom. The lowest BCUT2D eigenvalue weighted by Crippen LogP contribution is -2.25. The van der Waals surface area contributed by atoms with Gasteiger partial charge in [-0.05, 0) is 49.8 Å². The zero-order valence-electron chi connectivity index (χ0n) is 20.6. The van der Waals surface area contributed by atoms with Crippen LogP contribution in [0.3, 0.4) is 0 Å². The number of carbonyl (C=O) groups excluding carboxylic acids is 1. The number of thiazole rings is 1. The van der Waals surface area contributed by atoms with Gasteiger partial charge in [-0.3, -0.25) is 9.79 Å². The third kappa shape index (κ3) is 4.18. The zero-order valence-corrected chi connectivity index (χ0v) is 21.4. The van der Waals surface area contributed by atoms with E-state index in [1.165, 1.54) is 16.9 Å². The Bertz CT molecular complexity index is 1430. The van der Waals surface area contributed by atoms with E-state index < -0.39 is 0 Å². The fourth-order valence-corrected chi connectivity index (χ4v) is 5.60. The first kappa shape index (κ1) is 23.1. The maximum Gasteiger partial charge on any atom is 0.262 e. The summed E-state index contributed by atoms with van der Waals surface area (Å²) in [5.74, 6) is 0.513. The van der Waals surface area contributed by atoms with E-state index in [2.05, 4.69) is 75.3 Å². The van der Waals surface area contributed by atoms with Gasteiger partial charge in [0.2, 0.25) is 4.80 Å². The summed E-state index contributed by atoms with van der Waals surface area (Å²) in [5, 5.41) is 9.76. The molecule has 0 aliphatic carbocycles. The Hall–Kier alpha value is -3.65. The Kier molecular flexibility index (Phi) is 5.84. The Balaban J connectivity index is 1.55. The van der Waals surface area contributed by atoms with Crippen molar-refractivity contribution in [1.29, 1.82) is 0 Å². The molecule has 3 heterocycles. The van der Waals surface area contributed by atoms with E-state index in [9.17, 15) is 4.79 Å². The van der Waals surface area contributed by atoms with E-state index in [1.54, 1.807) is 11.3 Å². The third-order valence-corrected chi connectivity index (χ3v) is 7.15. The normalized spacial score (nSPS) is 18.2. The number of ether oxygens (including phenoxy) is 1. The number of likely N-dealkylation sites (N-methyl/N-ethyl adjacent to an activating group) is 1. The van der Waals surface area contributed by atoms with E-state index in [-0.39, 0.29) is 24.0 Å². The highest BCUT2D eigenvalue weighted by Crippen LogP contribution is 2.46. The molecule has 35 heavy (non-hydrogen) atoms. The lowest BCUT2D eigenvalue weighted by Gasteiger charge is -2.23. The molecule has 1 N–H and O–H groups in total. The van der Waals surface area contributed by atoms with Gasteiger partial charge >= 0.3 is 0 Å². The predicted molar refractivity (Wildman–Crippen MR) is 142 cm³/mol. The van der Waals surface area contributed by atoms with Crippen molar-refractivity contribution in [3.8, 4) is 17.0 Å². The van der Waals surface area contributed by atoms with Crippen LogP contribution < -0.4 is 19.8 Å². The monoisotopic (exact) mass is 487 g/mol. The highest BCUT2D eigenvalue weighted by molar-refractivity contribution is 7.07. The molecule has 0 fully saturated rings. The predicted octanol–water partition coefficient (Wildman–Crippen LogP) is 5.00. The number of amides is 1. The van der Waals surface area contributed by atoms with Crippen LogP contribution in [0.2, 0.25) is 0 Å². The largest absolute Gasteiger partial charge is 0.482 e. The summed E-state index contributed by atoms with van der Waals surface area (Å²) in [6.07, 6.45) is 3.92. The van der Waals surface area contributed by atoms with Crippen LogP contribution in [0.1, 0.15) is 33.3 Å². The number of anilines is 2. The van der Waals surface area contributed by atoms with Crippen molar-refractivity contribution in [2.75, 3.05) is 23.9 Å². The van der Waals surface area contributed by atoms with Gasteiger partial charge < -0.3 is 15.0 Å². The Labute approximate surface area is 209 Å². The van der Waals surface area contributed by atoms with Gasteiger partial charge in [-0.2, -0.15) is 5.10 Å². The minimum atomic E-state index is -0.155. The number of nitrogens with one attached hydrogen (secondary N) is 1. The van der Waals surface area contributed by atoms with Crippen LogP contribution in [0, 0.1) is 0 Å². The van der Waals surface area contributed by atoms with Crippen LogP contribution in [0.15, 0.2) is 69.7 Å². The number of fused-ring (bicyclic) bond motifs is 2. The molecule has 7 nitrogen and oxygen atoms in total. The molecule has 8 heteroatoms. The summed E-state index contributed by atoms with van der Waals surface area (Å²) in [7, 11) is 2.10. The minimum Gasteiger partial charge on any atom is -0.482 e. The number of hydrogen-bond donors (Lipinski definition) is 1. The summed E-state index contributed by atoms with van der Waals surface area (Å²) in [4.78, 5) is 19.6. The van der Waals surface area contributed by atoms with Crippen molar-refractivity contribution < 1.29 is 9.53 Å². The quantitative estimate of drug-likeness (QED) is 0.527. The average Bonchev–Trinajstić information content (AvgIpc) is 3.30. The number of allylic oxidation sites excluding steroid dienone is 2. The number of hydrogen-bond acceptors (Lipinski definition) is 6. The number of nitrogens with zero attached hydrogens (tertiary/aromatic N) is 4. The highest BCUT2D eigenvalue weighted by Gasteiger charge is 2.37. The molecule has 0 spiro atoms. The van der Waals surface area contributed by atoms with Crippen LogP contribution in [0.25, 0.3) is 11.3 Å². The van der Waals surface area contributed by atoms with Crippen molar-refractivity contribution in [3.63, 3.8) is 0 Å². The molecule has 1 amide bonds. The van der Waals surface area contributed by atoms with Gasteiger partial charge in [-0.1, -0.05) is 32.0 Å². The van der Waals surface area contributed by atoms with Crippen molar-refractivity contribution >= 4 is 34.8 Å². The lowest BCUT2D eigenvalue weighted by molar-refractivity contribution is -0.118. The number of carbonyl (C=O) groups is 1. The maximum atomic E-state index is 11.8. The van der Waals surface area contributed by atoms with E-state index in [4.69, 9.17) is 14.8 Å². The van der Waals surface area contributed by atoms with E-state index in [0.29, 0.717) is 11.4 Å². The van der Waals surface area contributed by atoms with Crippen molar-refractivity contribution in [2.24, 2.45) is 10.1 Å². The molecule has 2 aliphatic heterocycles. The van der Waals surface area contributed by atoms with Gasteiger partial charge in [0.25, 0.3) is 5.91 Å². The molecule has 2 aromatic carbocycles. The van der Waals surface area contributed by atoms with Crippen LogP contribution in [-0.4, -0.2) is 36.5 Å². The molecular weight excluding hydrogens is 458 g/mol. The summed E-state index contributed by atoms with van der Waals surface area (Å²) in [6, 6.07) is 14.4. The Morgan fingerprint density at radius 2 is 2.00 bits per heavy atom. The molecule has 2 aliphatic rings. The fourth-order valence-electron chi connectivity index (χ4n) is 4.63. The number of para-hydroxylation sites is 1. The second-order valence-corrected chi connectivity index (χ2v) is 10.3. The van der Waals surface area contributed by atoms with Gasteiger partial charge in [0.05, 0.1) is 11.4 Å². The molecule has 180 valence electrons. The van der Waals surface area contributed by atoms with Crippen LogP contribution in [-0.2, 0) is 10.2 Å². The van der Waals surface area contributed by atoms with Gasteiger partial charge in [-0.25, -0.2) is 4.68 Å². The number of benzene rings is 2. The molecule has 0 saturated carbocycles. The number of rotatable bonds is 4. The minimum absolute atomic E-state index is 0.0375. The molecule has 0 bridgehead atoms. The molecular formula is C27H29N5O2S. The van der Waals surface area contributed by atoms with E-state index >= 15 is 0 Å². The molecule has 0 saturated heterocycles. The maximum absolute atomic E-state index is 11.8. The molecule has 5 rings (SSSR count). The molecule has 0 atom stereocenters. The highest BCUT2D eigenvalue weighted by atomic mass is 32.1. The summed E-state index contributed by atoms with van der Waals surface area (Å²) in [6.45, 7) is 8.61. The smallest absolute Gasteiger partial charge is 0.262 e. The lowest BCUT2D eigenvalue weighted by atomic mass is 9.84. The van der Waals surface area contributed by atoms with Crippen molar-refractivity contribution in [2.45, 2.75) is 39.2 Å². The van der Waals surface area contributed by atoms with Gasteiger partial charge in [0.1, 0.15) is 5.75 Å². The van der Waals surface area contributed by atoms with E-state index in [0.717, 1.165) is 16.1 Å². The summed E-state index contributed by atoms with van der Waals surface area (Å²) in [5.41, 5.74) is 6.06. The molecule has 0 unspecified atom stereocenters. The van der Waals surface area contributed by atoms with Gasteiger partial charge in [-0.15, -0.1) is 11.3 Å². The van der Waals surface area contributed by atoms with Crippen LogP contribution in [0.5, 0.6) is 5.75 Å². The van der Waals surface area contributed by atoms with Crippen molar-refractivity contribution in [1.82, 2.24) is 4.68 Å². The second-order valence-electron chi connectivity index (χ2n) is 9.50. The first-order valence-electron chi connectivity index (χ1n) is 11.7. The first-order chi connectivity index (χ1) is 16.8. The number of aromatic nitrogens is 1. The van der Waals surface area contributed by atoms with Crippen LogP contribution >= 0.6 is 11.3 Å². The molecule has 3 aromatic rings. The van der Waals surface area contributed by atoms with Crippen LogP contribution in [0.4, 0.5) is 11.4 Å². The molecule has 0 radical (unpaired) electrons. The fraction of sp³-hybridized carbons (Fsp3) is 0.296. The third-order valence-electron chi connectivity index (χ3n) is 6.32. The van der Waals surface area contributed by atoms with Crippen molar-refractivity contribution in [3.05, 3.63) is 70.0 Å². The first-order valence-corrected chi connectivity index (χ1v) is 12.5. The SMILES string of the molecule is CC(C)N=c1scc(-c2ccc3c(c2)NC(=O)CO3)n1N=CC=C1N(C)c2ccccc2C1(C)C. The topological polar surface area (TPSA) is 71.2 Å². The molecule has 1 aromatic heterocycles. The second kappa shape index (κ2) is 8.85.